The predicted molar refractivity (Wildman–Crippen MR) is 84.0 cm³/mol. The number of hydrogen-bond acceptors (Lipinski definition) is 6. The van der Waals surface area contributed by atoms with Crippen LogP contribution in [0.15, 0.2) is 17.1 Å². The zero-order valence-electron chi connectivity index (χ0n) is 11.7. The summed E-state index contributed by atoms with van der Waals surface area (Å²) in [7, 11) is 0. The van der Waals surface area contributed by atoms with Crippen molar-refractivity contribution in [3.63, 3.8) is 0 Å². The molecular formula is C12H14Cl3N3O5. The van der Waals surface area contributed by atoms with E-state index in [1.165, 1.54) is 16.8 Å². The minimum atomic E-state index is -1.72. The average molecular weight is 387 g/mol. The molecule has 2 heterocycles. The third-order valence-corrected chi connectivity index (χ3v) is 3.35. The van der Waals surface area contributed by atoms with Gasteiger partial charge in [-0.15, -0.1) is 0 Å². The van der Waals surface area contributed by atoms with Gasteiger partial charge in [0, 0.05) is 6.20 Å². The number of nitrogens with one attached hydrogen (secondary N) is 1. The molecule has 1 amide bonds. The van der Waals surface area contributed by atoms with Gasteiger partial charge >= 0.3 is 11.8 Å². The third-order valence-electron chi connectivity index (χ3n) is 3.03. The summed E-state index contributed by atoms with van der Waals surface area (Å²) >= 11 is 16.3. The second-order valence-electron chi connectivity index (χ2n) is 4.79. The molecule has 2 rings (SSSR count). The Morgan fingerprint density at radius 2 is 2.26 bits per heavy atom. The molecule has 1 aromatic rings. The van der Waals surface area contributed by atoms with E-state index in [0.717, 1.165) is 0 Å². The van der Waals surface area contributed by atoms with Crippen LogP contribution in [0.1, 0.15) is 19.1 Å². The van der Waals surface area contributed by atoms with Crippen LogP contribution in [0.3, 0.4) is 0 Å². The third kappa shape index (κ3) is 5.50. The lowest BCUT2D eigenvalue weighted by Crippen LogP contribution is -2.29. The molecule has 128 valence electrons. The molecule has 1 saturated heterocycles. The van der Waals surface area contributed by atoms with E-state index in [0.29, 0.717) is 12.8 Å². The Kier molecular flexibility index (Phi) is 6.10. The number of nitrogens with zero attached hydrogens (tertiary/aromatic N) is 2. The van der Waals surface area contributed by atoms with Crippen LogP contribution in [0.25, 0.3) is 0 Å². The van der Waals surface area contributed by atoms with Crippen LogP contribution in [0.2, 0.25) is 0 Å². The highest BCUT2D eigenvalue weighted by Gasteiger charge is 2.27. The lowest BCUT2D eigenvalue weighted by Gasteiger charge is -2.15. The maximum Gasteiger partial charge on any atom is 0.412 e. The van der Waals surface area contributed by atoms with Crippen molar-refractivity contribution in [3.8, 4) is 0 Å². The summed E-state index contributed by atoms with van der Waals surface area (Å²) in [4.78, 5) is 27.2. The van der Waals surface area contributed by atoms with Gasteiger partial charge in [0.25, 0.3) is 0 Å². The van der Waals surface area contributed by atoms with Crippen molar-refractivity contribution in [2.45, 2.75) is 29.0 Å². The van der Waals surface area contributed by atoms with E-state index in [1.54, 1.807) is 0 Å². The Hall–Kier alpha value is -1.06. The smallest absolute Gasteiger partial charge is 0.412 e. The molecule has 8 nitrogen and oxygen atoms in total. The molecule has 11 heteroatoms. The number of hydrogen-bond donors (Lipinski definition) is 2. The number of aliphatic hydroxyl groups excluding tert-OH is 1. The second-order valence-corrected chi connectivity index (χ2v) is 7.31. The second kappa shape index (κ2) is 7.67. The van der Waals surface area contributed by atoms with Crippen LogP contribution in [0.5, 0.6) is 0 Å². The fraction of sp³-hybridized carbons (Fsp3) is 0.583. The highest BCUT2D eigenvalue weighted by Crippen LogP contribution is 2.27. The largest absolute Gasteiger partial charge is 0.445 e. The first-order chi connectivity index (χ1) is 10.8. The molecule has 0 radical (unpaired) electrons. The summed E-state index contributed by atoms with van der Waals surface area (Å²) < 4.78 is 9.71. The number of rotatable bonds is 4. The summed E-state index contributed by atoms with van der Waals surface area (Å²) in [5.41, 5.74) is -0.604. The number of aromatic nitrogens is 2. The highest BCUT2D eigenvalue weighted by molar-refractivity contribution is 6.67. The molecule has 0 aromatic carbocycles. The summed E-state index contributed by atoms with van der Waals surface area (Å²) in [5, 5.41) is 11.3. The maximum absolute atomic E-state index is 12.0. The molecule has 1 aromatic heterocycles. The van der Waals surface area contributed by atoms with Crippen molar-refractivity contribution < 1.29 is 19.4 Å². The Morgan fingerprint density at radius 1 is 1.52 bits per heavy atom. The number of ether oxygens (including phenoxy) is 2. The predicted octanol–water partition coefficient (Wildman–Crippen LogP) is 1.83. The minimum Gasteiger partial charge on any atom is -0.445 e. The van der Waals surface area contributed by atoms with Crippen LogP contribution < -0.4 is 11.0 Å². The molecule has 0 saturated carbocycles. The van der Waals surface area contributed by atoms with Crippen LogP contribution in [0.4, 0.5) is 10.6 Å². The van der Waals surface area contributed by atoms with Crippen LogP contribution >= 0.6 is 34.8 Å². The molecule has 2 N–H and O–H groups in total. The summed E-state index contributed by atoms with van der Waals surface area (Å²) in [6, 6.07) is 1.41. The van der Waals surface area contributed by atoms with Crippen molar-refractivity contribution in [1.29, 1.82) is 0 Å². The average Bonchev–Trinajstić information content (AvgIpc) is 2.93. The van der Waals surface area contributed by atoms with Crippen molar-refractivity contribution >= 4 is 46.7 Å². The molecule has 0 unspecified atom stereocenters. The molecule has 1 fully saturated rings. The van der Waals surface area contributed by atoms with Crippen molar-refractivity contribution in [3.05, 3.63) is 22.7 Å². The first kappa shape index (κ1) is 18.3. The minimum absolute atomic E-state index is 0.00253. The van der Waals surface area contributed by atoms with Crippen LogP contribution in [-0.2, 0) is 9.47 Å². The van der Waals surface area contributed by atoms with E-state index in [4.69, 9.17) is 44.6 Å². The lowest BCUT2D eigenvalue weighted by atomic mass is 10.2. The van der Waals surface area contributed by atoms with Crippen LogP contribution in [0, 0.1) is 0 Å². The number of carbonyl (C=O) groups excluding carboxylic acids is 1. The van der Waals surface area contributed by atoms with Gasteiger partial charge in [-0.1, -0.05) is 34.8 Å². The lowest BCUT2D eigenvalue weighted by molar-refractivity contribution is -0.0245. The number of carbonyl (C=O) groups is 1. The number of alkyl halides is 3. The molecular weight excluding hydrogens is 373 g/mol. The van der Waals surface area contributed by atoms with Gasteiger partial charge < -0.3 is 14.6 Å². The van der Waals surface area contributed by atoms with E-state index in [2.05, 4.69) is 15.0 Å². The standard InChI is InChI=1S/C12H14Cl3N3O5/c13-12(14,15)6-22-11(21)17-8-3-4-18(10(20)16-8)9-2-1-7(5-19)23-9/h3-4,7,9,19H,1-2,5-6H2,(H,16,17,20,21)/t7-,9+/m0/s1. The summed E-state index contributed by atoms with van der Waals surface area (Å²) in [6.07, 6.45) is 0.990. The molecule has 0 aliphatic carbocycles. The molecule has 0 spiro atoms. The number of anilines is 1. The Labute approximate surface area is 146 Å². The number of amides is 1. The van der Waals surface area contributed by atoms with E-state index in [1.807, 2.05) is 0 Å². The molecule has 2 atom stereocenters. The van der Waals surface area contributed by atoms with Gasteiger partial charge in [-0.05, 0) is 18.9 Å². The quantitative estimate of drug-likeness (QED) is 0.765. The first-order valence-corrected chi connectivity index (χ1v) is 7.78. The number of halogens is 3. The van der Waals surface area contributed by atoms with Crippen molar-refractivity contribution in [2.75, 3.05) is 18.5 Å². The van der Waals surface area contributed by atoms with E-state index >= 15 is 0 Å². The van der Waals surface area contributed by atoms with Gasteiger partial charge in [-0.25, -0.2) is 9.59 Å². The molecule has 23 heavy (non-hydrogen) atoms. The van der Waals surface area contributed by atoms with Crippen molar-refractivity contribution in [1.82, 2.24) is 9.55 Å². The van der Waals surface area contributed by atoms with E-state index in [9.17, 15) is 9.59 Å². The molecule has 0 bridgehead atoms. The zero-order chi connectivity index (χ0) is 17.0. The SMILES string of the molecule is O=C(Nc1ccn([C@H]2CC[C@@H](CO)O2)c(=O)n1)OCC(Cl)(Cl)Cl. The monoisotopic (exact) mass is 385 g/mol. The van der Waals surface area contributed by atoms with Gasteiger partial charge in [0.15, 0.2) is 0 Å². The van der Waals surface area contributed by atoms with Gasteiger partial charge in [0.05, 0.1) is 12.7 Å². The topological polar surface area (TPSA) is 103 Å². The highest BCUT2D eigenvalue weighted by atomic mass is 35.6. The Morgan fingerprint density at radius 3 is 2.83 bits per heavy atom. The summed E-state index contributed by atoms with van der Waals surface area (Å²) in [5.74, 6) is -0.00253. The molecule has 1 aliphatic rings. The number of aliphatic hydroxyl groups is 1. The van der Waals surface area contributed by atoms with Gasteiger partial charge in [-0.2, -0.15) is 4.98 Å². The van der Waals surface area contributed by atoms with Crippen LogP contribution in [-0.4, -0.2) is 43.9 Å². The van der Waals surface area contributed by atoms with E-state index < -0.39 is 28.4 Å². The normalized spacial score (nSPS) is 21.2. The summed E-state index contributed by atoms with van der Waals surface area (Å²) in [6.45, 7) is -0.549. The maximum atomic E-state index is 12.0. The molecule has 1 aliphatic heterocycles. The van der Waals surface area contributed by atoms with Gasteiger partial charge in [0.1, 0.15) is 18.7 Å². The first-order valence-electron chi connectivity index (χ1n) is 6.64. The fourth-order valence-electron chi connectivity index (χ4n) is 2.02. The van der Waals surface area contributed by atoms with Gasteiger partial charge in [-0.3, -0.25) is 9.88 Å². The van der Waals surface area contributed by atoms with Crippen molar-refractivity contribution in [2.24, 2.45) is 0 Å². The fourth-order valence-corrected chi connectivity index (χ4v) is 2.18. The Balaban J connectivity index is 1.97. The van der Waals surface area contributed by atoms with E-state index in [-0.39, 0.29) is 18.5 Å². The van der Waals surface area contributed by atoms with Gasteiger partial charge in [0.2, 0.25) is 3.79 Å². The zero-order valence-corrected chi connectivity index (χ0v) is 14.0. The Bertz CT molecular complexity index is 619.